The van der Waals surface area contributed by atoms with Crippen molar-refractivity contribution in [2.45, 2.75) is 59.5 Å². The highest BCUT2D eigenvalue weighted by Crippen LogP contribution is 2.49. The lowest BCUT2D eigenvalue weighted by Crippen LogP contribution is -2.34. The summed E-state index contributed by atoms with van der Waals surface area (Å²) in [6, 6.07) is 0.903. The molecule has 0 amide bonds. The monoisotopic (exact) mass is 299 g/mol. The molecule has 4 unspecified atom stereocenters. The van der Waals surface area contributed by atoms with Crippen molar-refractivity contribution in [3.05, 3.63) is 12.2 Å². The molecular weight excluding hydrogens is 269 g/mol. The minimum Gasteiger partial charge on any atom is -0.322 e. The smallest absolute Gasteiger partial charge is 0.259 e. The van der Waals surface area contributed by atoms with Gasteiger partial charge in [0.15, 0.2) is 0 Å². The predicted molar refractivity (Wildman–Crippen MR) is 85.5 cm³/mol. The van der Waals surface area contributed by atoms with Gasteiger partial charge in [0.2, 0.25) is 0 Å². The van der Waals surface area contributed by atoms with Gasteiger partial charge in [0, 0.05) is 12.1 Å². The van der Waals surface area contributed by atoms with Crippen molar-refractivity contribution in [1.29, 1.82) is 0 Å². The number of hydrogen-bond acceptors (Lipinski definition) is 3. The van der Waals surface area contributed by atoms with Crippen LogP contribution in [0.5, 0.6) is 0 Å². The van der Waals surface area contributed by atoms with Crippen LogP contribution in [0.1, 0.15) is 47.5 Å². The number of rotatable bonds is 8. The summed E-state index contributed by atoms with van der Waals surface area (Å²) in [5.41, 5.74) is 0. The third-order valence-electron chi connectivity index (χ3n) is 4.30. The standard InChI is InChI=1S/C16H30NO2P/c1-6-18-20(17(12(2)3)13(4)5)19-11-16-10-14-7-8-15(16)9-14/h7-8,12-16H,6,9-11H2,1-5H3. The lowest BCUT2D eigenvalue weighted by atomic mass is 9.95. The molecule has 0 heterocycles. The molecule has 2 rings (SSSR count). The highest BCUT2D eigenvalue weighted by molar-refractivity contribution is 7.44. The van der Waals surface area contributed by atoms with E-state index in [0.717, 1.165) is 25.0 Å². The minimum absolute atomic E-state index is 0.451. The lowest BCUT2D eigenvalue weighted by Gasteiger charge is -2.36. The number of nitrogens with zero attached hydrogens (tertiary/aromatic N) is 1. The molecule has 0 aliphatic heterocycles. The Kier molecular flexibility index (Phi) is 6.04. The fourth-order valence-corrected chi connectivity index (χ4v) is 5.14. The van der Waals surface area contributed by atoms with Crippen LogP contribution in [0.4, 0.5) is 0 Å². The maximum Gasteiger partial charge on any atom is 0.259 e. The van der Waals surface area contributed by atoms with E-state index in [9.17, 15) is 0 Å². The molecule has 1 saturated carbocycles. The maximum atomic E-state index is 6.24. The van der Waals surface area contributed by atoms with Gasteiger partial charge in [0.1, 0.15) is 0 Å². The van der Waals surface area contributed by atoms with Gasteiger partial charge in [-0.25, -0.2) is 4.67 Å². The van der Waals surface area contributed by atoms with Crippen LogP contribution < -0.4 is 0 Å². The van der Waals surface area contributed by atoms with Crippen LogP contribution in [-0.2, 0) is 9.05 Å². The van der Waals surface area contributed by atoms with E-state index in [2.05, 4.69) is 51.4 Å². The largest absolute Gasteiger partial charge is 0.322 e. The van der Waals surface area contributed by atoms with Gasteiger partial charge >= 0.3 is 0 Å². The molecule has 0 aromatic rings. The van der Waals surface area contributed by atoms with Crippen molar-refractivity contribution in [3.63, 3.8) is 0 Å². The van der Waals surface area contributed by atoms with Crippen molar-refractivity contribution in [2.75, 3.05) is 13.2 Å². The first-order valence-corrected chi connectivity index (χ1v) is 9.18. The zero-order valence-corrected chi connectivity index (χ0v) is 14.5. The Morgan fingerprint density at radius 3 is 2.25 bits per heavy atom. The average molecular weight is 299 g/mol. The Hall–Kier alpha value is 0.0500. The van der Waals surface area contributed by atoms with Crippen molar-refractivity contribution < 1.29 is 9.05 Å². The summed E-state index contributed by atoms with van der Waals surface area (Å²) in [7, 11) is -0.919. The fourth-order valence-electron chi connectivity index (χ4n) is 3.50. The van der Waals surface area contributed by atoms with Crippen LogP contribution in [0, 0.1) is 17.8 Å². The summed E-state index contributed by atoms with van der Waals surface area (Å²) in [5, 5.41) is 0. The van der Waals surface area contributed by atoms with Crippen molar-refractivity contribution in [2.24, 2.45) is 17.8 Å². The molecule has 20 heavy (non-hydrogen) atoms. The molecule has 4 atom stereocenters. The highest BCUT2D eigenvalue weighted by atomic mass is 31.2. The zero-order valence-electron chi connectivity index (χ0n) is 13.6. The topological polar surface area (TPSA) is 21.7 Å². The van der Waals surface area contributed by atoms with E-state index in [1.807, 2.05) is 0 Å². The number of hydrogen-bond donors (Lipinski definition) is 0. The summed E-state index contributed by atoms with van der Waals surface area (Å²) < 4.78 is 14.5. The molecular formula is C16H30NO2P. The Balaban J connectivity index is 1.89. The average Bonchev–Trinajstić information content (AvgIpc) is 2.97. The van der Waals surface area contributed by atoms with Gasteiger partial charge in [-0.3, -0.25) is 0 Å². The number of fused-ring (bicyclic) bond motifs is 2. The van der Waals surface area contributed by atoms with Gasteiger partial charge in [-0.1, -0.05) is 12.2 Å². The van der Waals surface area contributed by atoms with Gasteiger partial charge in [-0.05, 0) is 65.2 Å². The van der Waals surface area contributed by atoms with Crippen molar-refractivity contribution in [3.8, 4) is 0 Å². The Morgan fingerprint density at radius 2 is 1.80 bits per heavy atom. The first-order valence-electron chi connectivity index (χ1n) is 8.05. The van der Waals surface area contributed by atoms with Crippen LogP contribution in [0.25, 0.3) is 0 Å². The SMILES string of the molecule is CCOP(OCC1CC2C=CC1C2)N(C(C)C)C(C)C. The maximum absolute atomic E-state index is 6.24. The van der Waals surface area contributed by atoms with Gasteiger partial charge in [-0.15, -0.1) is 0 Å². The van der Waals surface area contributed by atoms with E-state index in [0.29, 0.717) is 18.0 Å². The number of allylic oxidation sites excluding steroid dienone is 2. The van der Waals surface area contributed by atoms with Crippen molar-refractivity contribution >= 4 is 8.53 Å². The quantitative estimate of drug-likeness (QED) is 0.483. The second-order valence-electron chi connectivity index (χ2n) is 6.56. The van der Waals surface area contributed by atoms with E-state index in [-0.39, 0.29) is 0 Å². The molecule has 116 valence electrons. The zero-order chi connectivity index (χ0) is 14.7. The summed E-state index contributed by atoms with van der Waals surface area (Å²) in [6.07, 6.45) is 7.44. The van der Waals surface area contributed by atoms with E-state index < -0.39 is 8.53 Å². The Bertz CT molecular complexity index is 324. The van der Waals surface area contributed by atoms with Gasteiger partial charge in [0.25, 0.3) is 8.53 Å². The molecule has 0 spiro atoms. The lowest BCUT2D eigenvalue weighted by molar-refractivity contribution is 0.153. The van der Waals surface area contributed by atoms with Gasteiger partial charge < -0.3 is 9.05 Å². The second kappa shape index (κ2) is 7.35. The predicted octanol–water partition coefficient (Wildman–Crippen LogP) is 4.60. The molecule has 1 fully saturated rings. The third-order valence-corrected chi connectivity index (χ3v) is 6.45. The molecule has 4 heteroatoms. The molecule has 2 aliphatic rings. The Labute approximate surface area is 125 Å². The van der Waals surface area contributed by atoms with Crippen LogP contribution in [-0.4, -0.2) is 30.0 Å². The summed E-state index contributed by atoms with van der Waals surface area (Å²) >= 11 is 0. The molecule has 3 nitrogen and oxygen atoms in total. The summed E-state index contributed by atoms with van der Waals surface area (Å²) in [5.74, 6) is 2.28. The van der Waals surface area contributed by atoms with Crippen LogP contribution in [0.15, 0.2) is 12.2 Å². The first kappa shape index (κ1) is 16.4. The molecule has 0 aromatic heterocycles. The van der Waals surface area contributed by atoms with E-state index in [1.165, 1.54) is 12.8 Å². The van der Waals surface area contributed by atoms with Crippen LogP contribution in [0.3, 0.4) is 0 Å². The second-order valence-corrected chi connectivity index (χ2v) is 8.01. The Morgan fingerprint density at radius 1 is 1.10 bits per heavy atom. The summed E-state index contributed by atoms with van der Waals surface area (Å²) in [4.78, 5) is 0. The minimum atomic E-state index is -0.919. The fraction of sp³-hybridized carbons (Fsp3) is 0.875. The molecule has 0 radical (unpaired) electrons. The van der Waals surface area contributed by atoms with E-state index >= 15 is 0 Å². The first-order chi connectivity index (χ1) is 9.52. The molecule has 2 bridgehead atoms. The van der Waals surface area contributed by atoms with Gasteiger partial charge in [-0.2, -0.15) is 0 Å². The molecule has 0 N–H and O–H groups in total. The van der Waals surface area contributed by atoms with E-state index in [1.54, 1.807) is 0 Å². The molecule has 2 aliphatic carbocycles. The van der Waals surface area contributed by atoms with E-state index in [4.69, 9.17) is 9.05 Å². The van der Waals surface area contributed by atoms with Crippen LogP contribution in [0.2, 0.25) is 0 Å². The highest BCUT2D eigenvalue weighted by Gasteiger charge is 2.37. The summed E-state index contributed by atoms with van der Waals surface area (Å²) in [6.45, 7) is 12.5. The molecule has 0 aromatic carbocycles. The third kappa shape index (κ3) is 3.82. The van der Waals surface area contributed by atoms with Gasteiger partial charge in [0.05, 0.1) is 13.2 Å². The normalized spacial score (nSPS) is 30.1. The van der Waals surface area contributed by atoms with Crippen molar-refractivity contribution in [1.82, 2.24) is 4.67 Å². The van der Waals surface area contributed by atoms with Crippen LogP contribution >= 0.6 is 8.53 Å². The molecule has 0 saturated heterocycles.